The zero-order chi connectivity index (χ0) is 18.8. The minimum Gasteiger partial charge on any atom is -0.384 e. The van der Waals surface area contributed by atoms with Gasteiger partial charge in [0.05, 0.1) is 17.2 Å². The second-order valence-corrected chi connectivity index (χ2v) is 8.73. The molecular weight excluding hydrogens is 358 g/mol. The van der Waals surface area contributed by atoms with E-state index < -0.39 is 11.0 Å². The molecule has 134 valence electrons. The highest BCUT2D eigenvalue weighted by molar-refractivity contribution is 7.18. The summed E-state index contributed by atoms with van der Waals surface area (Å²) < 4.78 is 1.75. The van der Waals surface area contributed by atoms with Crippen molar-refractivity contribution in [2.24, 2.45) is 12.5 Å². The second-order valence-electron chi connectivity index (χ2n) is 7.70. The Morgan fingerprint density at radius 2 is 2.07 bits per heavy atom. The zero-order valence-electron chi connectivity index (χ0n) is 15.0. The molecule has 1 aliphatic carbocycles. The van der Waals surface area contributed by atoms with Crippen LogP contribution in [0.15, 0.2) is 36.7 Å². The third kappa shape index (κ3) is 2.52. The highest BCUT2D eigenvalue weighted by Crippen LogP contribution is 2.55. The molecule has 0 bridgehead atoms. The lowest BCUT2D eigenvalue weighted by Gasteiger charge is -2.46. The molecule has 0 radical (unpaired) electrons. The van der Waals surface area contributed by atoms with Crippen LogP contribution in [0.1, 0.15) is 24.6 Å². The maximum Gasteiger partial charge on any atom is 0.181 e. The fourth-order valence-corrected chi connectivity index (χ4v) is 5.09. The molecule has 1 N–H and O–H groups in total. The summed E-state index contributed by atoms with van der Waals surface area (Å²) in [6.07, 6.45) is 4.66. The summed E-state index contributed by atoms with van der Waals surface area (Å²) >= 11 is 1.50. The first-order valence-corrected chi connectivity index (χ1v) is 9.54. The topological polar surface area (TPSA) is 87.6 Å². The van der Waals surface area contributed by atoms with E-state index in [0.717, 1.165) is 31.7 Å². The summed E-state index contributed by atoms with van der Waals surface area (Å²) in [5, 5.41) is 26.4. The summed E-state index contributed by atoms with van der Waals surface area (Å²) in [7, 11) is 1.88. The van der Waals surface area contributed by atoms with Crippen molar-refractivity contribution in [1.29, 1.82) is 5.26 Å². The smallest absolute Gasteiger partial charge is 0.181 e. The van der Waals surface area contributed by atoms with E-state index in [1.165, 1.54) is 11.3 Å². The number of hydrogen-bond donors (Lipinski definition) is 1. The van der Waals surface area contributed by atoms with Gasteiger partial charge >= 0.3 is 0 Å². The highest BCUT2D eigenvalue weighted by atomic mass is 32.1. The fourth-order valence-electron chi connectivity index (χ4n) is 3.97. The Morgan fingerprint density at radius 1 is 1.26 bits per heavy atom. The molecule has 0 atom stereocenters. The van der Waals surface area contributed by atoms with Crippen molar-refractivity contribution in [3.05, 3.63) is 41.5 Å². The van der Waals surface area contributed by atoms with Gasteiger partial charge < -0.3 is 5.11 Å². The number of nitrogens with zero attached hydrogens (tertiary/aromatic N) is 5. The average Bonchev–Trinajstić information content (AvgIpc) is 3.21. The molecule has 1 saturated carbocycles. The van der Waals surface area contributed by atoms with Crippen molar-refractivity contribution in [3.63, 3.8) is 0 Å². The predicted octanol–water partition coefficient (Wildman–Crippen LogP) is 3.76. The Hall–Kier alpha value is -2.82. The van der Waals surface area contributed by atoms with Crippen molar-refractivity contribution in [2.75, 3.05) is 0 Å². The average molecular weight is 375 g/mol. The van der Waals surface area contributed by atoms with Crippen molar-refractivity contribution in [1.82, 2.24) is 19.7 Å². The van der Waals surface area contributed by atoms with Gasteiger partial charge in [-0.2, -0.15) is 10.4 Å². The largest absolute Gasteiger partial charge is 0.384 e. The normalized spacial score (nSPS) is 24.8. The number of hydrogen-bond acceptors (Lipinski definition) is 6. The van der Waals surface area contributed by atoms with Crippen LogP contribution in [-0.4, -0.2) is 24.9 Å². The molecule has 4 heterocycles. The van der Waals surface area contributed by atoms with Gasteiger partial charge in [0.1, 0.15) is 10.4 Å². The monoisotopic (exact) mass is 375 g/mol. The molecule has 0 saturated heterocycles. The molecule has 0 unspecified atom stereocenters. The Balaban J connectivity index is 1.53. The van der Waals surface area contributed by atoms with Crippen LogP contribution in [0, 0.1) is 16.7 Å². The second kappa shape index (κ2) is 5.35. The molecule has 27 heavy (non-hydrogen) atoms. The molecule has 1 fully saturated rings. The summed E-state index contributed by atoms with van der Waals surface area (Å²) in [5.41, 5.74) is 1.15. The third-order valence-electron chi connectivity index (χ3n) is 5.25. The van der Waals surface area contributed by atoms with Crippen molar-refractivity contribution < 1.29 is 5.11 Å². The highest BCUT2D eigenvalue weighted by Gasteiger charge is 2.53. The molecule has 1 aliphatic rings. The first-order chi connectivity index (χ1) is 12.9. The number of aromatic nitrogens is 4. The first kappa shape index (κ1) is 16.4. The van der Waals surface area contributed by atoms with E-state index in [9.17, 15) is 10.4 Å². The van der Waals surface area contributed by atoms with Crippen LogP contribution in [0.3, 0.4) is 0 Å². The number of pyridine rings is 2. The SMILES string of the molecule is Cn1cc2cc(-c3ccc4cc(C5(O)CC(C)(C#N)C5)sc4n3)cnc2n1. The van der Waals surface area contributed by atoms with Crippen molar-refractivity contribution >= 4 is 32.6 Å². The third-order valence-corrected chi connectivity index (χ3v) is 6.48. The van der Waals surface area contributed by atoms with Crippen LogP contribution in [0.25, 0.3) is 32.5 Å². The number of aliphatic hydroxyl groups is 1. The number of nitriles is 1. The summed E-state index contributed by atoms with van der Waals surface area (Å²) in [4.78, 5) is 11.0. The van der Waals surface area contributed by atoms with E-state index in [0.29, 0.717) is 18.5 Å². The lowest BCUT2D eigenvalue weighted by Crippen LogP contribution is -2.46. The minimum absolute atomic E-state index is 0.436. The van der Waals surface area contributed by atoms with Gasteiger partial charge in [0.25, 0.3) is 0 Å². The van der Waals surface area contributed by atoms with Gasteiger partial charge in [-0.1, -0.05) is 0 Å². The molecule has 0 aromatic carbocycles. The van der Waals surface area contributed by atoms with Gasteiger partial charge in [-0.05, 0) is 44.0 Å². The van der Waals surface area contributed by atoms with Crippen LogP contribution in [-0.2, 0) is 12.6 Å². The Bertz CT molecular complexity index is 1240. The van der Waals surface area contributed by atoms with E-state index in [2.05, 4.69) is 16.2 Å². The van der Waals surface area contributed by atoms with E-state index in [-0.39, 0.29) is 0 Å². The van der Waals surface area contributed by atoms with Crippen LogP contribution in [0.2, 0.25) is 0 Å². The molecule has 6 nitrogen and oxygen atoms in total. The Labute approximate surface area is 159 Å². The van der Waals surface area contributed by atoms with Gasteiger partial charge in [0, 0.05) is 40.7 Å². The first-order valence-electron chi connectivity index (χ1n) is 8.72. The fraction of sp³-hybridized carbons (Fsp3) is 0.300. The maximum absolute atomic E-state index is 10.9. The van der Waals surface area contributed by atoms with Gasteiger partial charge in [-0.15, -0.1) is 11.3 Å². The number of fused-ring (bicyclic) bond motifs is 2. The quantitative estimate of drug-likeness (QED) is 0.576. The molecule has 0 aliphatic heterocycles. The predicted molar refractivity (Wildman–Crippen MR) is 104 cm³/mol. The lowest BCUT2D eigenvalue weighted by atomic mass is 9.60. The number of thiophene rings is 1. The summed E-state index contributed by atoms with van der Waals surface area (Å²) in [5.74, 6) is 0. The minimum atomic E-state index is -0.911. The van der Waals surface area contributed by atoms with E-state index in [4.69, 9.17) is 4.98 Å². The van der Waals surface area contributed by atoms with Crippen molar-refractivity contribution in [3.8, 4) is 17.3 Å². The number of rotatable bonds is 2. The molecule has 4 aromatic rings. The van der Waals surface area contributed by atoms with E-state index in [1.54, 1.807) is 10.9 Å². The zero-order valence-corrected chi connectivity index (χ0v) is 15.8. The van der Waals surface area contributed by atoms with Crippen LogP contribution < -0.4 is 0 Å². The summed E-state index contributed by atoms with van der Waals surface area (Å²) in [6.45, 7) is 1.90. The van der Waals surface area contributed by atoms with Crippen LogP contribution in [0.5, 0.6) is 0 Å². The van der Waals surface area contributed by atoms with Gasteiger partial charge in [0.15, 0.2) is 5.65 Å². The molecule has 5 rings (SSSR count). The summed E-state index contributed by atoms with van der Waals surface area (Å²) in [6, 6.07) is 10.3. The maximum atomic E-state index is 10.9. The van der Waals surface area contributed by atoms with Gasteiger partial charge in [0.2, 0.25) is 0 Å². The Morgan fingerprint density at radius 3 is 2.85 bits per heavy atom. The van der Waals surface area contributed by atoms with Crippen LogP contribution >= 0.6 is 11.3 Å². The van der Waals surface area contributed by atoms with E-state index in [1.807, 2.05) is 44.4 Å². The molecule has 0 amide bonds. The molecule has 4 aromatic heterocycles. The standard InChI is InChI=1S/C20H17N5OS/c1-19(11-21)9-20(26,10-19)16-6-12-3-4-15(23-18(12)27-16)13-5-14-8-25(2)24-17(14)22-7-13/h3-8,26H,9-10H2,1-2H3. The molecular formula is C20H17N5OS. The van der Waals surface area contributed by atoms with Crippen LogP contribution in [0.4, 0.5) is 0 Å². The molecule has 0 spiro atoms. The number of aryl methyl sites for hydroxylation is 1. The lowest BCUT2D eigenvalue weighted by molar-refractivity contribution is -0.0999. The van der Waals surface area contributed by atoms with Crippen molar-refractivity contribution in [2.45, 2.75) is 25.4 Å². The van der Waals surface area contributed by atoms with Gasteiger partial charge in [-0.3, -0.25) is 4.68 Å². The van der Waals surface area contributed by atoms with Gasteiger partial charge in [-0.25, -0.2) is 9.97 Å². The van der Waals surface area contributed by atoms with E-state index >= 15 is 0 Å². The molecule has 7 heteroatoms. The Kier molecular flexibility index (Phi) is 3.24.